The Kier molecular flexibility index (Phi) is 6.46. The highest BCUT2D eigenvalue weighted by molar-refractivity contribution is 5.87. The molecule has 26 heavy (non-hydrogen) atoms. The third kappa shape index (κ3) is 4.72. The van der Waals surface area contributed by atoms with Gasteiger partial charge in [0.1, 0.15) is 6.10 Å². The van der Waals surface area contributed by atoms with Gasteiger partial charge in [-0.05, 0) is 38.9 Å². The summed E-state index contributed by atoms with van der Waals surface area (Å²) < 4.78 is 12.4. The summed E-state index contributed by atoms with van der Waals surface area (Å²) in [4.78, 5) is 16.5. The van der Waals surface area contributed by atoms with E-state index in [4.69, 9.17) is 9.47 Å². The molecule has 1 aromatic rings. The van der Waals surface area contributed by atoms with Gasteiger partial charge in [-0.3, -0.25) is 4.79 Å². The summed E-state index contributed by atoms with van der Waals surface area (Å²) in [6.07, 6.45) is 6.46. The van der Waals surface area contributed by atoms with Crippen molar-refractivity contribution in [3.05, 3.63) is 48.0 Å². The minimum absolute atomic E-state index is 0.0630. The van der Waals surface area contributed by atoms with Crippen LogP contribution in [0.4, 0.5) is 0 Å². The fraction of sp³-hybridized carbons (Fsp3) is 0.571. The van der Waals surface area contributed by atoms with E-state index in [2.05, 4.69) is 12.1 Å². The van der Waals surface area contributed by atoms with Crippen LogP contribution in [0.25, 0.3) is 0 Å². The molecule has 0 N–H and O–H groups in total. The van der Waals surface area contributed by atoms with E-state index in [9.17, 15) is 4.79 Å². The Morgan fingerprint density at radius 3 is 2.85 bits per heavy atom. The lowest BCUT2D eigenvalue weighted by molar-refractivity contribution is -0.165. The van der Waals surface area contributed by atoms with Crippen molar-refractivity contribution in [2.24, 2.45) is 0 Å². The van der Waals surface area contributed by atoms with Gasteiger partial charge in [-0.15, -0.1) is 0 Å². The Morgan fingerprint density at radius 2 is 2.15 bits per heavy atom. The predicted octanol–water partition coefficient (Wildman–Crippen LogP) is 2.47. The molecule has 5 heteroatoms. The molecule has 0 radical (unpaired) electrons. The molecule has 2 aliphatic heterocycles. The van der Waals surface area contributed by atoms with Crippen LogP contribution in [0, 0.1) is 0 Å². The van der Waals surface area contributed by atoms with Crippen LogP contribution in [0.15, 0.2) is 42.5 Å². The van der Waals surface area contributed by atoms with Crippen molar-refractivity contribution in [3.8, 4) is 0 Å². The lowest BCUT2D eigenvalue weighted by atomic mass is 9.85. The monoisotopic (exact) mass is 358 g/mol. The van der Waals surface area contributed by atoms with Crippen LogP contribution in [0.3, 0.4) is 0 Å². The molecule has 0 aromatic heterocycles. The standard InChI is InChI=1S/C21H30N2O3/c1-22(2)13-6-10-20(24)23-14-12-21(11-7-15-26-21)19(16-23)25-17-18-8-4-3-5-9-18/h3-6,8-10,19H,7,11-17H2,1-2H3/b10-6+/t19-,21-/m1/s1. The summed E-state index contributed by atoms with van der Waals surface area (Å²) in [6, 6.07) is 10.2. The third-order valence-corrected chi connectivity index (χ3v) is 5.25. The fourth-order valence-corrected chi connectivity index (χ4v) is 3.76. The Balaban J connectivity index is 1.64. The predicted molar refractivity (Wildman–Crippen MR) is 102 cm³/mol. The van der Waals surface area contributed by atoms with E-state index < -0.39 is 0 Å². The summed E-state index contributed by atoms with van der Waals surface area (Å²) in [5.74, 6) is 0.0630. The van der Waals surface area contributed by atoms with Crippen molar-refractivity contribution in [2.75, 3.05) is 40.3 Å². The summed E-state index contributed by atoms with van der Waals surface area (Å²) >= 11 is 0. The number of likely N-dealkylation sites (N-methyl/N-ethyl adjacent to an activating group) is 1. The van der Waals surface area contributed by atoms with Crippen LogP contribution in [-0.4, -0.2) is 67.7 Å². The minimum Gasteiger partial charge on any atom is -0.372 e. The van der Waals surface area contributed by atoms with Gasteiger partial charge in [0, 0.05) is 32.3 Å². The fourth-order valence-electron chi connectivity index (χ4n) is 3.76. The van der Waals surface area contributed by atoms with E-state index in [-0.39, 0.29) is 17.6 Å². The number of likely N-dealkylation sites (tertiary alicyclic amines) is 1. The van der Waals surface area contributed by atoms with Crippen molar-refractivity contribution in [1.82, 2.24) is 9.80 Å². The van der Waals surface area contributed by atoms with Crippen molar-refractivity contribution < 1.29 is 14.3 Å². The van der Waals surface area contributed by atoms with Gasteiger partial charge in [0.25, 0.3) is 0 Å². The number of nitrogens with zero attached hydrogens (tertiary/aromatic N) is 2. The van der Waals surface area contributed by atoms with E-state index >= 15 is 0 Å². The summed E-state index contributed by atoms with van der Waals surface area (Å²) in [5.41, 5.74) is 0.925. The first-order chi connectivity index (χ1) is 12.6. The third-order valence-electron chi connectivity index (χ3n) is 5.25. The molecule has 2 atom stereocenters. The van der Waals surface area contributed by atoms with E-state index in [1.165, 1.54) is 0 Å². The lowest BCUT2D eigenvalue weighted by Crippen LogP contribution is -2.57. The van der Waals surface area contributed by atoms with Gasteiger partial charge in [-0.25, -0.2) is 0 Å². The zero-order valence-corrected chi connectivity index (χ0v) is 15.9. The van der Waals surface area contributed by atoms with Gasteiger partial charge in [0.05, 0.1) is 12.2 Å². The van der Waals surface area contributed by atoms with Gasteiger partial charge >= 0.3 is 0 Å². The normalized spacial score (nSPS) is 26.3. The average molecular weight is 358 g/mol. The highest BCUT2D eigenvalue weighted by Gasteiger charge is 2.47. The average Bonchev–Trinajstić information content (AvgIpc) is 3.10. The number of carbonyl (C=O) groups excluding carboxylic acids is 1. The SMILES string of the molecule is CN(C)C/C=C/C(=O)N1CC[C@]2(CCCO2)[C@H](OCc2ccccc2)C1. The second kappa shape index (κ2) is 8.80. The maximum atomic E-state index is 12.5. The number of ether oxygens (including phenoxy) is 2. The summed E-state index contributed by atoms with van der Waals surface area (Å²) in [5, 5.41) is 0. The largest absolute Gasteiger partial charge is 0.372 e. The number of amides is 1. The molecular weight excluding hydrogens is 328 g/mol. The first kappa shape index (κ1) is 19.1. The molecule has 2 aliphatic rings. The molecule has 1 aromatic carbocycles. The van der Waals surface area contributed by atoms with Crippen molar-refractivity contribution in [3.63, 3.8) is 0 Å². The molecule has 3 rings (SSSR count). The highest BCUT2D eigenvalue weighted by Crippen LogP contribution is 2.38. The maximum Gasteiger partial charge on any atom is 0.246 e. The van der Waals surface area contributed by atoms with Crippen molar-refractivity contribution >= 4 is 5.91 Å². The summed E-state index contributed by atoms with van der Waals surface area (Å²) in [6.45, 7) is 3.44. The van der Waals surface area contributed by atoms with Crippen molar-refractivity contribution in [1.29, 1.82) is 0 Å². The van der Waals surface area contributed by atoms with E-state index in [0.29, 0.717) is 13.2 Å². The molecule has 2 saturated heterocycles. The van der Waals surface area contributed by atoms with Gasteiger partial charge < -0.3 is 19.3 Å². The lowest BCUT2D eigenvalue weighted by Gasteiger charge is -2.44. The zero-order valence-electron chi connectivity index (χ0n) is 15.9. The molecule has 142 valence electrons. The number of benzene rings is 1. The maximum absolute atomic E-state index is 12.5. The topological polar surface area (TPSA) is 42.0 Å². The van der Waals surface area contributed by atoms with Gasteiger partial charge in [-0.1, -0.05) is 36.4 Å². The molecular formula is C21H30N2O3. The first-order valence-corrected chi connectivity index (χ1v) is 9.49. The van der Waals surface area contributed by atoms with Gasteiger partial charge in [0.15, 0.2) is 0 Å². The smallest absolute Gasteiger partial charge is 0.246 e. The number of hydrogen-bond acceptors (Lipinski definition) is 4. The molecule has 1 spiro atoms. The Labute approximate surface area is 156 Å². The minimum atomic E-state index is -0.223. The molecule has 2 fully saturated rings. The molecule has 0 bridgehead atoms. The first-order valence-electron chi connectivity index (χ1n) is 9.49. The van der Waals surface area contributed by atoms with Crippen molar-refractivity contribution in [2.45, 2.75) is 37.6 Å². The zero-order chi connectivity index (χ0) is 18.4. The molecule has 5 nitrogen and oxygen atoms in total. The Bertz CT molecular complexity index is 609. The summed E-state index contributed by atoms with van der Waals surface area (Å²) in [7, 11) is 3.98. The second-order valence-corrected chi connectivity index (χ2v) is 7.50. The second-order valence-electron chi connectivity index (χ2n) is 7.50. The van der Waals surface area contributed by atoms with Crippen LogP contribution in [0.5, 0.6) is 0 Å². The van der Waals surface area contributed by atoms with E-state index in [0.717, 1.165) is 44.5 Å². The van der Waals surface area contributed by atoms with Crippen LogP contribution < -0.4 is 0 Å². The molecule has 0 saturated carbocycles. The van der Waals surface area contributed by atoms with Crippen LogP contribution in [0.2, 0.25) is 0 Å². The highest BCUT2D eigenvalue weighted by atomic mass is 16.6. The van der Waals surface area contributed by atoms with E-state index in [1.54, 1.807) is 6.08 Å². The molecule has 1 amide bonds. The molecule has 0 aliphatic carbocycles. The number of piperidine rings is 1. The van der Waals surface area contributed by atoms with E-state index in [1.807, 2.05) is 48.2 Å². The van der Waals surface area contributed by atoms with Gasteiger partial charge in [0.2, 0.25) is 5.91 Å². The number of rotatable bonds is 6. The van der Waals surface area contributed by atoms with Crippen LogP contribution >= 0.6 is 0 Å². The van der Waals surface area contributed by atoms with Crippen LogP contribution in [0.1, 0.15) is 24.8 Å². The quantitative estimate of drug-likeness (QED) is 0.733. The number of carbonyl (C=O) groups is 1. The molecule has 0 unspecified atom stereocenters. The Morgan fingerprint density at radius 1 is 1.35 bits per heavy atom. The van der Waals surface area contributed by atoms with Gasteiger partial charge in [-0.2, -0.15) is 0 Å². The van der Waals surface area contributed by atoms with Crippen LogP contribution in [-0.2, 0) is 20.9 Å². The molecule has 2 heterocycles. The Hall–Kier alpha value is -1.69. The number of hydrogen-bond donors (Lipinski definition) is 0.